The van der Waals surface area contributed by atoms with Crippen molar-refractivity contribution in [2.45, 2.75) is 14.5 Å². The van der Waals surface area contributed by atoms with Gasteiger partial charge in [-0.05, 0) is 0 Å². The first-order valence-electron chi connectivity index (χ1n) is 6.70. The molecule has 0 amide bonds. The molecular weight excluding hydrogens is 688 g/mol. The fourth-order valence-corrected chi connectivity index (χ4v) is 12.1. The maximum absolute atomic E-state index is 12.0. The average molecular weight is 698 g/mol. The van der Waals surface area contributed by atoms with Crippen LogP contribution in [-0.2, 0) is 22.4 Å². The Balaban J connectivity index is 3.49. The summed E-state index contributed by atoms with van der Waals surface area (Å²) < 4.78 is 20.5. The third kappa shape index (κ3) is 7.45. The van der Waals surface area contributed by atoms with Gasteiger partial charge in [0.15, 0.2) is 0 Å². The zero-order valence-electron chi connectivity index (χ0n) is 13.2. The van der Waals surface area contributed by atoms with Crippen LogP contribution in [0.1, 0.15) is 0 Å². The van der Waals surface area contributed by atoms with Gasteiger partial charge in [0, 0.05) is 0 Å². The predicted octanol–water partition coefficient (Wildman–Crippen LogP) is 2.88. The van der Waals surface area contributed by atoms with E-state index in [0.717, 1.165) is 0 Å². The first kappa shape index (κ1) is 25.1. The first-order chi connectivity index (χ1) is 12.5. The van der Waals surface area contributed by atoms with Gasteiger partial charge in [-0.2, -0.15) is 0 Å². The van der Waals surface area contributed by atoms with Crippen molar-refractivity contribution in [1.29, 1.82) is 0 Å². The van der Waals surface area contributed by atoms with Crippen LogP contribution in [0.25, 0.3) is 0 Å². The molecule has 27 heavy (non-hydrogen) atoms. The summed E-state index contributed by atoms with van der Waals surface area (Å²) in [6, 6.07) is 5.58. The van der Waals surface area contributed by atoms with E-state index < -0.39 is 54.9 Å². The Hall–Kier alpha value is 0.0921. The number of carbonyl (C=O) groups excluding carboxylic acids is 3. The minimum atomic E-state index is -5.82. The molecule has 0 saturated carbocycles. The van der Waals surface area contributed by atoms with Crippen LogP contribution in [0.2, 0.25) is 0 Å². The normalized spacial score (nSPS) is 11.5. The number of carbonyl (C=O) groups is 3. The van der Waals surface area contributed by atoms with E-state index in [2.05, 4.69) is 0 Å². The Morgan fingerprint density at radius 3 is 1.33 bits per heavy atom. The predicted molar refractivity (Wildman–Crippen MR) is 103 cm³/mol. The van der Waals surface area contributed by atoms with Gasteiger partial charge in [-0.1, -0.05) is 0 Å². The Morgan fingerprint density at radius 1 is 0.741 bits per heavy atom. The molecule has 0 heterocycles. The molecule has 0 radical (unpaired) electrons. The fourth-order valence-electron chi connectivity index (χ4n) is 1.57. The first-order valence-corrected chi connectivity index (χ1v) is 16.0. The van der Waals surface area contributed by atoms with Gasteiger partial charge in [0.05, 0.1) is 0 Å². The quantitative estimate of drug-likeness (QED) is 0.305. The fraction of sp³-hybridized carbons (Fsp3) is 0.308. The molecule has 0 aliphatic rings. The second-order valence-corrected chi connectivity index (χ2v) is 16.7. The molecule has 0 unspecified atom stereocenters. The summed E-state index contributed by atoms with van der Waals surface area (Å²) in [5.74, 6) is -3.26. The third-order valence-corrected chi connectivity index (χ3v) is 13.3. The van der Waals surface area contributed by atoms with Gasteiger partial charge in [-0.3, -0.25) is 0 Å². The molecule has 0 saturated heterocycles. The summed E-state index contributed by atoms with van der Waals surface area (Å²) in [4.78, 5) is 31.0. The van der Waals surface area contributed by atoms with Gasteiger partial charge in [0.1, 0.15) is 0 Å². The van der Waals surface area contributed by atoms with Gasteiger partial charge < -0.3 is 0 Å². The molecule has 0 fully saturated rings. The number of methoxy groups -OCH3 is 1. The number of ether oxygens (including phenoxy) is 1. The average Bonchev–Trinajstić information content (AvgIpc) is 2.61. The molecule has 0 aromatic heterocycles. The van der Waals surface area contributed by atoms with Crippen molar-refractivity contribution in [3.8, 4) is 5.75 Å². The zero-order valence-corrected chi connectivity index (χ0v) is 21.6. The molecule has 0 aliphatic heterocycles. The molecular formula is C13H10Cl6O7Pb. The molecule has 0 aliphatic carbocycles. The second kappa shape index (κ2) is 11.3. The van der Waals surface area contributed by atoms with Crippen molar-refractivity contribution in [2.75, 3.05) is 7.11 Å². The number of hydrogen-bond acceptors (Lipinski definition) is 7. The Bertz CT molecular complexity index is 627. The third-order valence-electron chi connectivity index (χ3n) is 2.68. The molecule has 0 bridgehead atoms. The van der Waals surface area contributed by atoms with Gasteiger partial charge >= 0.3 is 192 Å². The molecule has 0 atom stereocenters. The second-order valence-electron chi connectivity index (χ2n) is 4.45. The summed E-state index contributed by atoms with van der Waals surface area (Å²) in [6.07, 6.45) is 0. The van der Waals surface area contributed by atoms with Crippen LogP contribution in [0.15, 0.2) is 24.3 Å². The van der Waals surface area contributed by atoms with Gasteiger partial charge in [-0.25, -0.2) is 0 Å². The number of benzene rings is 1. The molecule has 150 valence electrons. The summed E-state index contributed by atoms with van der Waals surface area (Å²) in [5, 5.41) is 0. The molecule has 0 spiro atoms. The van der Waals surface area contributed by atoms with E-state index in [1.807, 2.05) is 0 Å². The van der Waals surface area contributed by atoms with E-state index >= 15 is 0 Å². The van der Waals surface area contributed by atoms with E-state index in [0.29, 0.717) is 5.75 Å². The van der Waals surface area contributed by atoms with Gasteiger partial charge in [0.2, 0.25) is 0 Å². The summed E-state index contributed by atoms with van der Waals surface area (Å²) in [7, 11) is 1.41. The number of rotatable bonds is 8. The molecule has 7 nitrogen and oxygen atoms in total. The van der Waals surface area contributed by atoms with Crippen LogP contribution in [0.5, 0.6) is 5.75 Å². The van der Waals surface area contributed by atoms with Crippen molar-refractivity contribution in [2.24, 2.45) is 0 Å². The van der Waals surface area contributed by atoms with E-state index in [1.54, 1.807) is 0 Å². The monoisotopic (exact) mass is 696 g/mol. The van der Waals surface area contributed by atoms with E-state index in [-0.39, 0.29) is 3.12 Å². The molecule has 1 aromatic carbocycles. The van der Waals surface area contributed by atoms with Crippen LogP contribution in [-0.4, -0.2) is 62.1 Å². The standard InChI is InChI=1S/C7H7O.3C2H2Cl2O2.Pb/c1-8-7-5-3-2-4-6-7;3*3-1(4)2(5)6;/h3-6H,1H3;3*1H,(H,5,6);/q;;;;+3/p-3. The van der Waals surface area contributed by atoms with Gasteiger partial charge in [0.25, 0.3) is 0 Å². The molecule has 1 rings (SSSR count). The van der Waals surface area contributed by atoms with E-state index in [4.69, 9.17) is 82.4 Å². The number of hydrogen-bond donors (Lipinski definition) is 0. The summed E-state index contributed by atoms with van der Waals surface area (Å²) in [5.41, 5.74) is 0. The summed E-state index contributed by atoms with van der Waals surface area (Å²) in [6.45, 7) is 0. The minimum absolute atomic E-state index is 0.0512. The Morgan fingerprint density at radius 2 is 1.07 bits per heavy atom. The van der Waals surface area contributed by atoms with Crippen molar-refractivity contribution in [3.63, 3.8) is 0 Å². The van der Waals surface area contributed by atoms with Crippen LogP contribution >= 0.6 is 69.6 Å². The Kier molecular flexibility index (Phi) is 10.5. The molecule has 0 N–H and O–H groups in total. The molecule has 1 aromatic rings. The zero-order chi connectivity index (χ0) is 20.8. The Labute approximate surface area is 190 Å². The van der Waals surface area contributed by atoms with Crippen LogP contribution in [0, 0.1) is 0 Å². The molecule has 14 heteroatoms. The van der Waals surface area contributed by atoms with Crippen molar-refractivity contribution < 1.29 is 27.2 Å². The maximum atomic E-state index is 12.0. The topological polar surface area (TPSA) is 88.1 Å². The number of halogens is 6. The van der Waals surface area contributed by atoms with E-state index in [9.17, 15) is 14.4 Å². The van der Waals surface area contributed by atoms with E-state index in [1.165, 1.54) is 31.4 Å². The SMILES string of the molecule is COc1cc[c]([Pb]([O]C(=O)C(Cl)Cl)([O]C(=O)C(Cl)Cl)[O]C(=O)C(Cl)Cl)cc1. The number of alkyl halides is 6. The van der Waals surface area contributed by atoms with Crippen LogP contribution in [0.4, 0.5) is 0 Å². The van der Waals surface area contributed by atoms with Gasteiger partial charge in [-0.15, -0.1) is 0 Å². The van der Waals surface area contributed by atoms with Crippen LogP contribution in [0.3, 0.4) is 0 Å². The van der Waals surface area contributed by atoms with Crippen molar-refractivity contribution >= 4 is 113 Å². The van der Waals surface area contributed by atoms with Crippen LogP contribution < -0.4 is 7.86 Å². The van der Waals surface area contributed by atoms with Crippen molar-refractivity contribution in [1.82, 2.24) is 0 Å². The van der Waals surface area contributed by atoms with Crippen molar-refractivity contribution in [3.05, 3.63) is 24.3 Å². The summed E-state index contributed by atoms with van der Waals surface area (Å²) >= 11 is 27.1.